The molecule has 0 radical (unpaired) electrons. The monoisotopic (exact) mass is 307 g/mol. The zero-order valence-corrected chi connectivity index (χ0v) is 13.4. The van der Waals surface area contributed by atoms with Crippen molar-refractivity contribution in [2.24, 2.45) is 0 Å². The highest BCUT2D eigenvalue weighted by atomic mass is 35.5. The molecular weight excluding hydrogens is 289 g/mol. The van der Waals surface area contributed by atoms with Gasteiger partial charge in [0.25, 0.3) is 0 Å². The van der Waals surface area contributed by atoms with Crippen LogP contribution in [0.25, 0.3) is 0 Å². The van der Waals surface area contributed by atoms with E-state index in [1.54, 1.807) is 13.2 Å². The number of ether oxygens (including phenoxy) is 1. The average Bonchev–Trinajstić information content (AvgIpc) is 2.45. The first-order valence-electron chi connectivity index (χ1n) is 6.75. The minimum Gasteiger partial charge on any atom is -0.496 e. The summed E-state index contributed by atoms with van der Waals surface area (Å²) in [5, 5.41) is 3.35. The lowest BCUT2D eigenvalue weighted by Gasteiger charge is -2.23. The van der Waals surface area contributed by atoms with Crippen LogP contribution >= 0.6 is 11.6 Å². The van der Waals surface area contributed by atoms with Gasteiger partial charge < -0.3 is 10.1 Å². The molecule has 2 rings (SSSR count). The Morgan fingerprint density at radius 1 is 1.19 bits per heavy atom. The number of nitrogens with one attached hydrogen (secondary N) is 1. The molecule has 1 N–H and O–H groups in total. The van der Waals surface area contributed by atoms with Crippen LogP contribution in [0.3, 0.4) is 0 Å². The van der Waals surface area contributed by atoms with Crippen molar-refractivity contribution >= 4 is 11.6 Å². The molecule has 1 atom stereocenters. The lowest BCUT2D eigenvalue weighted by molar-refractivity contribution is 0.404. The summed E-state index contributed by atoms with van der Waals surface area (Å²) in [6.07, 6.45) is 0. The Hall–Kier alpha value is -1.58. The molecule has 0 bridgehead atoms. The molecule has 0 aromatic heterocycles. The van der Waals surface area contributed by atoms with Gasteiger partial charge in [-0.15, -0.1) is 0 Å². The highest BCUT2D eigenvalue weighted by molar-refractivity contribution is 6.30. The van der Waals surface area contributed by atoms with Crippen molar-refractivity contribution in [1.82, 2.24) is 5.32 Å². The molecule has 2 aromatic carbocycles. The van der Waals surface area contributed by atoms with Crippen LogP contribution in [0.4, 0.5) is 4.39 Å². The quantitative estimate of drug-likeness (QED) is 0.903. The van der Waals surface area contributed by atoms with E-state index in [0.717, 1.165) is 28.0 Å². The maximum atomic E-state index is 13.7. The predicted octanol–water partition coefficient (Wildman–Crippen LogP) is 4.41. The van der Waals surface area contributed by atoms with Crippen LogP contribution in [0.2, 0.25) is 5.02 Å². The molecule has 0 saturated heterocycles. The third kappa shape index (κ3) is 3.20. The fourth-order valence-electron chi connectivity index (χ4n) is 2.65. The molecule has 0 spiro atoms. The fourth-order valence-corrected chi connectivity index (χ4v) is 2.77. The van der Waals surface area contributed by atoms with Gasteiger partial charge in [-0.25, -0.2) is 4.39 Å². The lowest BCUT2D eigenvalue weighted by Crippen LogP contribution is -2.20. The van der Waals surface area contributed by atoms with Crippen molar-refractivity contribution in [3.8, 4) is 5.75 Å². The molecule has 0 amide bonds. The average molecular weight is 308 g/mol. The van der Waals surface area contributed by atoms with Crippen molar-refractivity contribution in [3.05, 3.63) is 63.4 Å². The molecular formula is C17H19ClFNO. The van der Waals surface area contributed by atoms with Gasteiger partial charge in [0.15, 0.2) is 0 Å². The summed E-state index contributed by atoms with van der Waals surface area (Å²) in [7, 11) is 3.49. The molecule has 112 valence electrons. The first-order valence-corrected chi connectivity index (χ1v) is 7.13. The molecule has 2 nitrogen and oxygen atoms in total. The van der Waals surface area contributed by atoms with E-state index in [2.05, 4.69) is 11.4 Å². The van der Waals surface area contributed by atoms with Crippen LogP contribution in [0, 0.1) is 19.7 Å². The van der Waals surface area contributed by atoms with Crippen LogP contribution in [-0.2, 0) is 0 Å². The van der Waals surface area contributed by atoms with E-state index in [4.69, 9.17) is 16.3 Å². The largest absolute Gasteiger partial charge is 0.496 e. The third-order valence-electron chi connectivity index (χ3n) is 3.57. The van der Waals surface area contributed by atoms with Crippen LogP contribution in [0.5, 0.6) is 5.75 Å². The summed E-state index contributed by atoms with van der Waals surface area (Å²) in [6.45, 7) is 4.05. The summed E-state index contributed by atoms with van der Waals surface area (Å²) >= 11 is 5.77. The van der Waals surface area contributed by atoms with Crippen molar-refractivity contribution < 1.29 is 9.13 Å². The second-order valence-corrected chi connectivity index (χ2v) is 5.50. The van der Waals surface area contributed by atoms with E-state index in [1.165, 1.54) is 6.07 Å². The number of rotatable bonds is 4. The van der Waals surface area contributed by atoms with Crippen molar-refractivity contribution in [1.29, 1.82) is 0 Å². The van der Waals surface area contributed by atoms with Gasteiger partial charge in [0.05, 0.1) is 18.2 Å². The number of halogens is 2. The van der Waals surface area contributed by atoms with Crippen LogP contribution in [0.1, 0.15) is 28.3 Å². The summed E-state index contributed by atoms with van der Waals surface area (Å²) in [5.74, 6) is 0.375. The third-order valence-corrected chi connectivity index (χ3v) is 3.87. The lowest BCUT2D eigenvalue weighted by atomic mass is 9.93. The fraction of sp³-hybridized carbons (Fsp3) is 0.294. The zero-order chi connectivity index (χ0) is 15.6. The predicted molar refractivity (Wildman–Crippen MR) is 84.8 cm³/mol. The molecule has 0 aliphatic carbocycles. The van der Waals surface area contributed by atoms with Gasteiger partial charge in [-0.2, -0.15) is 0 Å². The van der Waals surface area contributed by atoms with Gasteiger partial charge in [-0.1, -0.05) is 23.7 Å². The molecule has 4 heteroatoms. The molecule has 0 aliphatic heterocycles. The molecule has 1 unspecified atom stereocenters. The van der Waals surface area contributed by atoms with Gasteiger partial charge in [-0.3, -0.25) is 0 Å². The number of hydrogen-bond donors (Lipinski definition) is 1. The standard InChI is InChI=1S/C17H19ClFNO/c1-10-7-11(2)16(15(8-10)21-4)17(20-3)12-5-6-13(18)14(19)9-12/h5-9,17,20H,1-4H3. The summed E-state index contributed by atoms with van der Waals surface area (Å²) in [6, 6.07) is 8.78. The summed E-state index contributed by atoms with van der Waals surface area (Å²) in [5.41, 5.74) is 4.05. The first-order chi connectivity index (χ1) is 9.97. The minimum absolute atomic E-state index is 0.126. The second kappa shape index (κ2) is 6.46. The van der Waals surface area contributed by atoms with E-state index in [0.29, 0.717) is 0 Å². The number of benzene rings is 2. The normalized spacial score (nSPS) is 12.3. The van der Waals surface area contributed by atoms with Gasteiger partial charge in [0.2, 0.25) is 0 Å². The van der Waals surface area contributed by atoms with E-state index in [-0.39, 0.29) is 11.1 Å². The highest BCUT2D eigenvalue weighted by Gasteiger charge is 2.20. The van der Waals surface area contributed by atoms with Crippen LogP contribution in [-0.4, -0.2) is 14.2 Å². The molecule has 2 aromatic rings. The zero-order valence-electron chi connectivity index (χ0n) is 12.6. The molecule has 0 heterocycles. The van der Waals surface area contributed by atoms with E-state index < -0.39 is 5.82 Å². The van der Waals surface area contributed by atoms with Crippen molar-refractivity contribution in [2.45, 2.75) is 19.9 Å². The topological polar surface area (TPSA) is 21.3 Å². The molecule has 21 heavy (non-hydrogen) atoms. The summed E-state index contributed by atoms with van der Waals surface area (Å²) in [4.78, 5) is 0. The Labute approximate surface area is 129 Å². The highest BCUT2D eigenvalue weighted by Crippen LogP contribution is 2.34. The van der Waals surface area contributed by atoms with Crippen LogP contribution in [0.15, 0.2) is 30.3 Å². The Bertz CT molecular complexity index is 657. The number of aryl methyl sites for hydroxylation is 2. The van der Waals surface area contributed by atoms with E-state index >= 15 is 0 Å². The van der Waals surface area contributed by atoms with Gasteiger partial charge in [0.1, 0.15) is 11.6 Å². The number of methoxy groups -OCH3 is 1. The maximum Gasteiger partial charge on any atom is 0.142 e. The van der Waals surface area contributed by atoms with Gasteiger partial charge >= 0.3 is 0 Å². The Morgan fingerprint density at radius 3 is 2.48 bits per heavy atom. The molecule has 0 saturated carbocycles. The Balaban J connectivity index is 2.58. The van der Waals surface area contributed by atoms with Crippen LogP contribution < -0.4 is 10.1 Å². The minimum atomic E-state index is -0.418. The summed E-state index contributed by atoms with van der Waals surface area (Å²) < 4.78 is 19.3. The van der Waals surface area contributed by atoms with Crippen molar-refractivity contribution in [3.63, 3.8) is 0 Å². The number of hydrogen-bond acceptors (Lipinski definition) is 2. The maximum absolute atomic E-state index is 13.7. The van der Waals surface area contributed by atoms with E-state index in [1.807, 2.05) is 33.0 Å². The smallest absolute Gasteiger partial charge is 0.142 e. The first kappa shape index (κ1) is 15.8. The van der Waals surface area contributed by atoms with Gasteiger partial charge in [0, 0.05) is 5.56 Å². The van der Waals surface area contributed by atoms with Gasteiger partial charge in [-0.05, 0) is 55.8 Å². The van der Waals surface area contributed by atoms with Crippen molar-refractivity contribution in [2.75, 3.05) is 14.2 Å². The molecule has 0 aliphatic rings. The van der Waals surface area contributed by atoms with E-state index in [9.17, 15) is 4.39 Å². The Morgan fingerprint density at radius 2 is 1.90 bits per heavy atom. The Kier molecular flexibility index (Phi) is 4.86. The second-order valence-electron chi connectivity index (χ2n) is 5.09. The SMILES string of the molecule is CNC(c1ccc(Cl)c(F)c1)c1c(C)cc(C)cc1OC. The molecule has 0 fully saturated rings.